The van der Waals surface area contributed by atoms with Crippen LogP contribution in [0.5, 0.6) is 0 Å². The van der Waals surface area contributed by atoms with Gasteiger partial charge in [0.2, 0.25) is 0 Å². The highest BCUT2D eigenvalue weighted by Crippen LogP contribution is 2.03. The summed E-state index contributed by atoms with van der Waals surface area (Å²) in [4.78, 5) is 0. The molecule has 12 heavy (non-hydrogen) atoms. The standard InChI is InChI=1S/C9H13N3/c1-8(2)12-7-9(6-11-12)4-3-5-10/h6-8H,5,10H2,1-2H3. The minimum Gasteiger partial charge on any atom is -0.320 e. The maximum absolute atomic E-state index is 5.24. The van der Waals surface area contributed by atoms with Crippen LogP contribution in [0.15, 0.2) is 12.4 Å². The van der Waals surface area contributed by atoms with Gasteiger partial charge in [-0.25, -0.2) is 0 Å². The van der Waals surface area contributed by atoms with Crippen LogP contribution in [-0.4, -0.2) is 16.3 Å². The Morgan fingerprint density at radius 2 is 2.42 bits per heavy atom. The van der Waals surface area contributed by atoms with Crippen molar-refractivity contribution in [2.45, 2.75) is 19.9 Å². The smallest absolute Gasteiger partial charge is 0.0646 e. The van der Waals surface area contributed by atoms with Crippen molar-refractivity contribution in [3.05, 3.63) is 18.0 Å². The lowest BCUT2D eigenvalue weighted by molar-refractivity contribution is 0.532. The van der Waals surface area contributed by atoms with E-state index in [0.29, 0.717) is 12.6 Å². The van der Waals surface area contributed by atoms with Gasteiger partial charge in [-0.05, 0) is 13.8 Å². The fraction of sp³-hybridized carbons (Fsp3) is 0.444. The molecule has 0 amide bonds. The van der Waals surface area contributed by atoms with Gasteiger partial charge in [0.15, 0.2) is 0 Å². The second-order valence-corrected chi connectivity index (χ2v) is 2.81. The Morgan fingerprint density at radius 1 is 1.67 bits per heavy atom. The van der Waals surface area contributed by atoms with E-state index in [2.05, 4.69) is 30.8 Å². The molecule has 1 heterocycles. The highest BCUT2D eigenvalue weighted by molar-refractivity contribution is 5.29. The highest BCUT2D eigenvalue weighted by Gasteiger charge is 1.97. The molecule has 3 nitrogen and oxygen atoms in total. The Kier molecular flexibility index (Phi) is 2.89. The van der Waals surface area contributed by atoms with Crippen LogP contribution in [0.25, 0.3) is 0 Å². The van der Waals surface area contributed by atoms with Crippen molar-refractivity contribution in [3.8, 4) is 11.8 Å². The summed E-state index contributed by atoms with van der Waals surface area (Å²) in [7, 11) is 0. The number of aromatic nitrogens is 2. The van der Waals surface area contributed by atoms with Gasteiger partial charge < -0.3 is 5.73 Å². The van der Waals surface area contributed by atoms with E-state index >= 15 is 0 Å². The van der Waals surface area contributed by atoms with E-state index in [9.17, 15) is 0 Å². The summed E-state index contributed by atoms with van der Waals surface area (Å²) in [5.74, 6) is 5.70. The van der Waals surface area contributed by atoms with Crippen molar-refractivity contribution >= 4 is 0 Å². The van der Waals surface area contributed by atoms with Crippen LogP contribution < -0.4 is 5.73 Å². The average molecular weight is 163 g/mol. The molecule has 0 aliphatic rings. The summed E-state index contributed by atoms with van der Waals surface area (Å²) >= 11 is 0. The van der Waals surface area contributed by atoms with E-state index in [0.717, 1.165) is 5.56 Å². The molecule has 0 saturated carbocycles. The lowest BCUT2D eigenvalue weighted by Crippen LogP contribution is -1.99. The van der Waals surface area contributed by atoms with Crippen molar-refractivity contribution in [3.63, 3.8) is 0 Å². The van der Waals surface area contributed by atoms with E-state index in [1.807, 2.05) is 10.9 Å². The first-order valence-corrected chi connectivity index (χ1v) is 3.97. The summed E-state index contributed by atoms with van der Waals surface area (Å²) in [6, 6.07) is 0.387. The molecule has 0 unspecified atom stereocenters. The summed E-state index contributed by atoms with van der Waals surface area (Å²) < 4.78 is 1.88. The van der Waals surface area contributed by atoms with E-state index in [-0.39, 0.29) is 0 Å². The number of hydrogen-bond acceptors (Lipinski definition) is 2. The van der Waals surface area contributed by atoms with Crippen molar-refractivity contribution < 1.29 is 0 Å². The highest BCUT2D eigenvalue weighted by atomic mass is 15.3. The van der Waals surface area contributed by atoms with Gasteiger partial charge in [0.05, 0.1) is 18.3 Å². The summed E-state index contributed by atoms with van der Waals surface area (Å²) in [6.45, 7) is 4.55. The molecule has 0 fully saturated rings. The van der Waals surface area contributed by atoms with Crippen molar-refractivity contribution in [2.24, 2.45) is 5.73 Å². The van der Waals surface area contributed by atoms with Gasteiger partial charge in [-0.1, -0.05) is 11.8 Å². The Balaban J connectivity index is 2.77. The van der Waals surface area contributed by atoms with E-state index in [1.165, 1.54) is 0 Å². The first kappa shape index (κ1) is 8.82. The predicted molar refractivity (Wildman–Crippen MR) is 48.5 cm³/mol. The second kappa shape index (κ2) is 3.93. The molecule has 0 saturated heterocycles. The molecule has 1 aromatic heterocycles. The van der Waals surface area contributed by atoms with Gasteiger partial charge in [-0.3, -0.25) is 4.68 Å². The fourth-order valence-electron chi connectivity index (χ4n) is 0.838. The maximum Gasteiger partial charge on any atom is 0.0646 e. The van der Waals surface area contributed by atoms with Crippen LogP contribution in [0.1, 0.15) is 25.5 Å². The van der Waals surface area contributed by atoms with Gasteiger partial charge in [-0.15, -0.1) is 0 Å². The summed E-state index contributed by atoms with van der Waals surface area (Å²) in [5.41, 5.74) is 6.17. The molecule has 0 spiro atoms. The fourth-order valence-corrected chi connectivity index (χ4v) is 0.838. The van der Waals surface area contributed by atoms with Crippen molar-refractivity contribution in [2.75, 3.05) is 6.54 Å². The molecular weight excluding hydrogens is 150 g/mol. The Hall–Kier alpha value is -1.27. The zero-order valence-corrected chi connectivity index (χ0v) is 7.41. The van der Waals surface area contributed by atoms with Gasteiger partial charge in [0.1, 0.15) is 0 Å². The Labute approximate surface area is 72.6 Å². The molecule has 3 heteroatoms. The normalized spacial score (nSPS) is 9.67. The van der Waals surface area contributed by atoms with Crippen LogP contribution in [-0.2, 0) is 0 Å². The average Bonchev–Trinajstić information content (AvgIpc) is 2.48. The molecule has 0 aromatic carbocycles. The summed E-state index contributed by atoms with van der Waals surface area (Å²) in [5, 5.41) is 4.14. The molecule has 0 aliphatic carbocycles. The van der Waals surface area contributed by atoms with Crippen LogP contribution in [0.3, 0.4) is 0 Å². The SMILES string of the molecule is CC(C)n1cc(C#CCN)cn1. The zero-order valence-electron chi connectivity index (χ0n) is 7.41. The molecule has 1 rings (SSSR count). The number of nitrogens with two attached hydrogens (primary N) is 1. The largest absolute Gasteiger partial charge is 0.320 e. The topological polar surface area (TPSA) is 43.8 Å². The van der Waals surface area contributed by atoms with E-state index in [4.69, 9.17) is 5.73 Å². The van der Waals surface area contributed by atoms with Crippen LogP contribution in [0.2, 0.25) is 0 Å². The van der Waals surface area contributed by atoms with Crippen LogP contribution in [0.4, 0.5) is 0 Å². The van der Waals surface area contributed by atoms with Crippen LogP contribution in [0, 0.1) is 11.8 Å². The third-order valence-corrected chi connectivity index (χ3v) is 1.47. The third-order valence-electron chi connectivity index (χ3n) is 1.47. The molecule has 0 atom stereocenters. The van der Waals surface area contributed by atoms with Crippen molar-refractivity contribution in [1.29, 1.82) is 0 Å². The second-order valence-electron chi connectivity index (χ2n) is 2.81. The predicted octanol–water partition coefficient (Wildman–Crippen LogP) is 0.774. The van der Waals surface area contributed by atoms with Gasteiger partial charge in [0.25, 0.3) is 0 Å². The first-order chi connectivity index (χ1) is 5.74. The molecule has 1 aromatic rings. The Bertz CT molecular complexity index is 301. The third kappa shape index (κ3) is 2.11. The minimum absolute atomic E-state index is 0.387. The molecule has 0 bridgehead atoms. The molecule has 2 N–H and O–H groups in total. The molecule has 0 aliphatic heterocycles. The Morgan fingerprint density at radius 3 is 2.92 bits per heavy atom. The summed E-state index contributed by atoms with van der Waals surface area (Å²) in [6.07, 6.45) is 3.68. The number of hydrogen-bond donors (Lipinski definition) is 1. The minimum atomic E-state index is 0.387. The monoisotopic (exact) mass is 163 g/mol. The zero-order chi connectivity index (χ0) is 8.97. The lowest BCUT2D eigenvalue weighted by Gasteiger charge is -2.01. The van der Waals surface area contributed by atoms with Gasteiger partial charge >= 0.3 is 0 Å². The molecule has 64 valence electrons. The van der Waals surface area contributed by atoms with Gasteiger partial charge in [0, 0.05) is 12.2 Å². The van der Waals surface area contributed by atoms with E-state index < -0.39 is 0 Å². The first-order valence-electron chi connectivity index (χ1n) is 3.97. The number of nitrogens with zero attached hydrogens (tertiary/aromatic N) is 2. The maximum atomic E-state index is 5.24. The van der Waals surface area contributed by atoms with Crippen molar-refractivity contribution in [1.82, 2.24) is 9.78 Å². The van der Waals surface area contributed by atoms with Crippen LogP contribution >= 0.6 is 0 Å². The number of rotatable bonds is 1. The molecule has 0 radical (unpaired) electrons. The lowest BCUT2D eigenvalue weighted by atomic mass is 10.3. The molecular formula is C9H13N3. The quantitative estimate of drug-likeness (QED) is 0.621. The van der Waals surface area contributed by atoms with Gasteiger partial charge in [-0.2, -0.15) is 5.10 Å². The van der Waals surface area contributed by atoms with E-state index in [1.54, 1.807) is 6.20 Å².